The molecule has 2 fully saturated rings. The summed E-state index contributed by atoms with van der Waals surface area (Å²) in [5.74, 6) is -0.498. The van der Waals surface area contributed by atoms with Gasteiger partial charge < -0.3 is 5.32 Å². The lowest BCUT2D eigenvalue weighted by atomic mass is 9.78. The molecule has 1 atom stereocenters. The maximum atomic E-state index is 13.3. The average Bonchev–Trinajstić information content (AvgIpc) is 3.40. The fourth-order valence-electron chi connectivity index (χ4n) is 5.10. The van der Waals surface area contributed by atoms with Crippen molar-refractivity contribution in [2.24, 2.45) is 5.92 Å². The van der Waals surface area contributed by atoms with Gasteiger partial charge in [0.25, 0.3) is 5.91 Å². The molecule has 2 saturated heterocycles. The molecule has 3 amide bonds. The Hall–Kier alpha value is -3.52. The van der Waals surface area contributed by atoms with Crippen molar-refractivity contribution in [1.82, 2.24) is 25.3 Å². The van der Waals surface area contributed by atoms with Crippen LogP contribution in [0.5, 0.6) is 0 Å². The molecule has 0 radical (unpaired) electrons. The van der Waals surface area contributed by atoms with Crippen molar-refractivity contribution in [2.75, 3.05) is 13.1 Å². The van der Waals surface area contributed by atoms with E-state index in [1.807, 2.05) is 31.3 Å². The van der Waals surface area contributed by atoms with Gasteiger partial charge >= 0.3 is 6.03 Å². The number of likely N-dealkylation sites (tertiary alicyclic amines) is 1. The summed E-state index contributed by atoms with van der Waals surface area (Å²) in [5.41, 5.74) is 3.08. The Morgan fingerprint density at radius 3 is 2.44 bits per heavy atom. The van der Waals surface area contributed by atoms with E-state index in [2.05, 4.69) is 32.5 Å². The standard InChI is InChI=1S/C26H28FN5O2/c1-26(24(33)32(25(34)29-26)16-18-7-9-22(27)10-8-18)21-11-13-31(14-12-21)17-20-15-28-30-23(20)19-5-3-2-4-6-19/h2-10,15,21H,11-14,16-17H2,1H3,(H,28,30)(H,29,34). The van der Waals surface area contributed by atoms with Crippen LogP contribution in [-0.4, -0.2) is 50.6 Å². The number of nitrogens with one attached hydrogen (secondary N) is 2. The number of aromatic nitrogens is 2. The lowest BCUT2D eigenvalue weighted by Crippen LogP contribution is -2.53. The highest BCUT2D eigenvalue weighted by Crippen LogP contribution is 2.35. The number of hydrogen-bond acceptors (Lipinski definition) is 4. The maximum Gasteiger partial charge on any atom is 0.325 e. The summed E-state index contributed by atoms with van der Waals surface area (Å²) in [4.78, 5) is 29.6. The molecule has 0 bridgehead atoms. The summed E-state index contributed by atoms with van der Waals surface area (Å²) < 4.78 is 13.2. The van der Waals surface area contributed by atoms with Gasteiger partial charge in [-0.15, -0.1) is 0 Å². The summed E-state index contributed by atoms with van der Waals surface area (Å²) in [6.07, 6.45) is 3.50. The number of urea groups is 1. The zero-order chi connectivity index (χ0) is 23.7. The lowest BCUT2D eigenvalue weighted by Gasteiger charge is -2.38. The second kappa shape index (κ2) is 9.02. The van der Waals surface area contributed by atoms with E-state index in [-0.39, 0.29) is 30.2 Å². The molecule has 0 spiro atoms. The van der Waals surface area contributed by atoms with E-state index in [0.29, 0.717) is 0 Å². The number of carbonyl (C=O) groups excluding carboxylic acids is 2. The third-order valence-electron chi connectivity index (χ3n) is 7.13. The highest BCUT2D eigenvalue weighted by Gasteiger charge is 2.52. The molecule has 1 unspecified atom stereocenters. The number of nitrogens with zero attached hydrogens (tertiary/aromatic N) is 3. The average molecular weight is 462 g/mol. The number of halogens is 1. The summed E-state index contributed by atoms with van der Waals surface area (Å²) >= 11 is 0. The van der Waals surface area contributed by atoms with E-state index in [0.717, 1.165) is 54.9 Å². The van der Waals surface area contributed by atoms with Crippen molar-refractivity contribution < 1.29 is 14.0 Å². The maximum absolute atomic E-state index is 13.3. The number of piperidine rings is 1. The molecule has 2 aromatic carbocycles. The zero-order valence-electron chi connectivity index (χ0n) is 19.1. The van der Waals surface area contributed by atoms with E-state index in [1.54, 1.807) is 12.1 Å². The molecule has 1 aromatic heterocycles. The molecule has 7 nitrogen and oxygen atoms in total. The van der Waals surface area contributed by atoms with Gasteiger partial charge in [-0.1, -0.05) is 42.5 Å². The third kappa shape index (κ3) is 4.21. The molecule has 0 saturated carbocycles. The van der Waals surface area contributed by atoms with Crippen LogP contribution in [0.25, 0.3) is 11.3 Å². The number of rotatable bonds is 6. The second-order valence-electron chi connectivity index (χ2n) is 9.34. The molecule has 2 N–H and O–H groups in total. The van der Waals surface area contributed by atoms with Gasteiger partial charge in [-0.3, -0.25) is 19.7 Å². The van der Waals surface area contributed by atoms with E-state index in [4.69, 9.17) is 0 Å². The normalized spacial score (nSPS) is 21.8. The topological polar surface area (TPSA) is 81.3 Å². The van der Waals surface area contributed by atoms with Crippen LogP contribution in [0.15, 0.2) is 60.8 Å². The lowest BCUT2D eigenvalue weighted by molar-refractivity contribution is -0.133. The molecule has 2 aliphatic heterocycles. The van der Waals surface area contributed by atoms with E-state index < -0.39 is 5.54 Å². The van der Waals surface area contributed by atoms with E-state index in [9.17, 15) is 14.0 Å². The predicted octanol–water partition coefficient (Wildman–Crippen LogP) is 3.94. The Kier molecular flexibility index (Phi) is 5.91. The first-order valence-corrected chi connectivity index (χ1v) is 11.6. The number of carbonyl (C=O) groups is 2. The Morgan fingerprint density at radius 1 is 1.03 bits per heavy atom. The molecule has 0 aliphatic carbocycles. The Labute approximate surface area is 198 Å². The van der Waals surface area contributed by atoms with Gasteiger partial charge in [-0.05, 0) is 62.0 Å². The Bertz CT molecular complexity index is 1170. The molecular formula is C26H28FN5O2. The molecule has 8 heteroatoms. The van der Waals surface area contributed by atoms with Crippen LogP contribution in [0.1, 0.15) is 30.9 Å². The number of hydrogen-bond donors (Lipinski definition) is 2. The molecule has 5 rings (SSSR count). The number of imide groups is 1. The fraction of sp³-hybridized carbons (Fsp3) is 0.346. The highest BCUT2D eigenvalue weighted by molar-refractivity contribution is 6.06. The monoisotopic (exact) mass is 461 g/mol. The SMILES string of the molecule is CC1(C2CCN(Cc3cn[nH]c3-c3ccccc3)CC2)NC(=O)N(Cc2ccc(F)cc2)C1=O. The second-order valence-corrected chi connectivity index (χ2v) is 9.34. The predicted molar refractivity (Wildman–Crippen MR) is 126 cm³/mol. The van der Waals surface area contributed by atoms with Crippen molar-refractivity contribution in [2.45, 2.75) is 38.4 Å². The smallest absolute Gasteiger partial charge is 0.323 e. The number of amides is 3. The van der Waals surface area contributed by atoms with Crippen LogP contribution in [0.4, 0.5) is 9.18 Å². The fourth-order valence-corrected chi connectivity index (χ4v) is 5.10. The zero-order valence-corrected chi connectivity index (χ0v) is 19.1. The first kappa shape index (κ1) is 22.3. The van der Waals surface area contributed by atoms with Gasteiger partial charge in [0.05, 0.1) is 18.4 Å². The van der Waals surface area contributed by atoms with E-state index >= 15 is 0 Å². The van der Waals surface area contributed by atoms with Crippen molar-refractivity contribution in [3.05, 3.63) is 77.7 Å². The Morgan fingerprint density at radius 2 is 1.74 bits per heavy atom. The van der Waals surface area contributed by atoms with Gasteiger partial charge in [0, 0.05) is 12.1 Å². The molecule has 2 aliphatic rings. The quantitative estimate of drug-likeness (QED) is 0.545. The minimum atomic E-state index is -0.923. The van der Waals surface area contributed by atoms with Crippen LogP contribution >= 0.6 is 0 Å². The third-order valence-corrected chi connectivity index (χ3v) is 7.13. The first-order chi connectivity index (χ1) is 16.4. The number of H-pyrrole nitrogens is 1. The highest BCUT2D eigenvalue weighted by atomic mass is 19.1. The van der Waals surface area contributed by atoms with Gasteiger partial charge in [-0.25, -0.2) is 9.18 Å². The summed E-state index contributed by atoms with van der Waals surface area (Å²) in [6, 6.07) is 15.6. The minimum absolute atomic E-state index is 0.0522. The molecule has 3 aromatic rings. The van der Waals surface area contributed by atoms with Crippen LogP contribution in [-0.2, 0) is 17.9 Å². The van der Waals surface area contributed by atoms with Crippen LogP contribution in [0, 0.1) is 11.7 Å². The van der Waals surface area contributed by atoms with Crippen LogP contribution in [0.3, 0.4) is 0 Å². The van der Waals surface area contributed by atoms with Crippen molar-refractivity contribution in [3.63, 3.8) is 0 Å². The van der Waals surface area contributed by atoms with Gasteiger partial charge in [0.2, 0.25) is 0 Å². The first-order valence-electron chi connectivity index (χ1n) is 11.6. The minimum Gasteiger partial charge on any atom is -0.323 e. The largest absolute Gasteiger partial charge is 0.325 e. The number of aromatic amines is 1. The van der Waals surface area contributed by atoms with Crippen LogP contribution in [0.2, 0.25) is 0 Å². The summed E-state index contributed by atoms with van der Waals surface area (Å²) in [5, 5.41) is 10.3. The molecule has 3 heterocycles. The summed E-state index contributed by atoms with van der Waals surface area (Å²) in [7, 11) is 0. The Balaban J connectivity index is 1.22. The van der Waals surface area contributed by atoms with Gasteiger partial charge in [0.15, 0.2) is 0 Å². The van der Waals surface area contributed by atoms with E-state index in [1.165, 1.54) is 17.0 Å². The van der Waals surface area contributed by atoms with Gasteiger partial charge in [0.1, 0.15) is 11.4 Å². The van der Waals surface area contributed by atoms with Crippen molar-refractivity contribution >= 4 is 11.9 Å². The van der Waals surface area contributed by atoms with Crippen molar-refractivity contribution in [1.29, 1.82) is 0 Å². The summed E-state index contributed by atoms with van der Waals surface area (Å²) in [6.45, 7) is 4.42. The van der Waals surface area contributed by atoms with Crippen molar-refractivity contribution in [3.8, 4) is 11.3 Å². The number of benzene rings is 2. The molecular weight excluding hydrogens is 433 g/mol. The molecule has 34 heavy (non-hydrogen) atoms. The molecule has 176 valence electrons. The van der Waals surface area contributed by atoms with Crippen LogP contribution < -0.4 is 5.32 Å². The van der Waals surface area contributed by atoms with Gasteiger partial charge in [-0.2, -0.15) is 5.10 Å².